The Kier molecular flexibility index (Phi) is 5.89. The fourth-order valence-electron chi connectivity index (χ4n) is 3.33. The Hall–Kier alpha value is -3.46. The number of aromatic nitrogens is 4. The summed E-state index contributed by atoms with van der Waals surface area (Å²) in [5, 5.41) is 14.7. The normalized spacial score (nSPS) is 12.0. The van der Waals surface area contributed by atoms with Crippen LogP contribution in [0.25, 0.3) is 11.0 Å². The molecule has 0 amide bonds. The number of aromatic hydroxyl groups is 1. The third kappa shape index (κ3) is 4.25. The van der Waals surface area contributed by atoms with Gasteiger partial charge in [-0.15, -0.1) is 0 Å². The van der Waals surface area contributed by atoms with E-state index in [1.54, 1.807) is 23.0 Å². The number of fused-ring (bicyclic) bond motifs is 1. The van der Waals surface area contributed by atoms with Crippen molar-refractivity contribution in [3.8, 4) is 11.5 Å². The molecule has 30 heavy (non-hydrogen) atoms. The van der Waals surface area contributed by atoms with Gasteiger partial charge in [-0.2, -0.15) is 13.8 Å². The van der Waals surface area contributed by atoms with E-state index < -0.39 is 5.92 Å². The van der Waals surface area contributed by atoms with E-state index in [1.807, 2.05) is 36.5 Å². The highest BCUT2D eigenvalue weighted by Crippen LogP contribution is 2.39. The zero-order valence-electron chi connectivity index (χ0n) is 16.3. The second kappa shape index (κ2) is 8.91. The molecule has 0 radical (unpaired) electrons. The summed E-state index contributed by atoms with van der Waals surface area (Å²) in [6.07, 6.45) is 3.68. The molecule has 8 nitrogen and oxygen atoms in total. The number of rotatable bonds is 8. The van der Waals surface area contributed by atoms with Crippen molar-refractivity contribution in [2.45, 2.75) is 18.9 Å². The second-order valence-electron chi connectivity index (χ2n) is 6.65. The van der Waals surface area contributed by atoms with Gasteiger partial charge in [-0.1, -0.05) is 12.1 Å². The van der Waals surface area contributed by atoms with Gasteiger partial charge in [-0.25, -0.2) is 0 Å². The Balaban J connectivity index is 1.58. The van der Waals surface area contributed by atoms with E-state index in [1.165, 1.54) is 7.11 Å². The number of carbonyl (C=O) groups excluding carboxylic acids is 1. The lowest BCUT2D eigenvalue weighted by atomic mass is 9.87. The molecule has 2 heterocycles. The second-order valence-corrected chi connectivity index (χ2v) is 7.18. The van der Waals surface area contributed by atoms with Crippen molar-refractivity contribution in [2.24, 2.45) is 0 Å². The minimum atomic E-state index is -0.428. The van der Waals surface area contributed by atoms with Crippen molar-refractivity contribution >= 4 is 28.7 Å². The molecule has 154 valence electrons. The fraction of sp³-hybridized carbons (Fsp3) is 0.238. The molecule has 9 heteroatoms. The van der Waals surface area contributed by atoms with Gasteiger partial charge in [-0.05, 0) is 35.9 Å². The van der Waals surface area contributed by atoms with Gasteiger partial charge in [0.1, 0.15) is 29.1 Å². The number of phenols is 1. The standard InChI is InChI=1S/C21H20N4O4S/c1-28-19(27)13-16(20-18(26)8-7-17-21(20)24-30-23-17)14-3-5-15(6-4-14)29-12-11-25-10-2-9-22-25/h2-10,16,26H,11-13H2,1H3. The topological polar surface area (TPSA) is 99.4 Å². The van der Waals surface area contributed by atoms with Gasteiger partial charge in [0.15, 0.2) is 0 Å². The lowest BCUT2D eigenvalue weighted by Gasteiger charge is -2.19. The van der Waals surface area contributed by atoms with Crippen LogP contribution in [0.2, 0.25) is 0 Å². The SMILES string of the molecule is COC(=O)CC(c1ccc(OCCn2cccn2)cc1)c1c(O)ccc2nsnc12. The molecule has 1 N–H and O–H groups in total. The number of hydrogen-bond donors (Lipinski definition) is 1. The molecular formula is C21H20N4O4S. The summed E-state index contributed by atoms with van der Waals surface area (Å²) in [5.74, 6) is -0.0218. The lowest BCUT2D eigenvalue weighted by molar-refractivity contribution is -0.140. The quantitative estimate of drug-likeness (QED) is 0.433. The van der Waals surface area contributed by atoms with Crippen molar-refractivity contribution in [1.82, 2.24) is 18.5 Å². The highest BCUT2D eigenvalue weighted by molar-refractivity contribution is 7.00. The van der Waals surface area contributed by atoms with Crippen LogP contribution < -0.4 is 4.74 Å². The highest BCUT2D eigenvalue weighted by Gasteiger charge is 2.25. The number of nitrogens with zero attached hydrogens (tertiary/aromatic N) is 4. The largest absolute Gasteiger partial charge is 0.508 e. The Morgan fingerprint density at radius 3 is 2.77 bits per heavy atom. The van der Waals surface area contributed by atoms with E-state index in [0.29, 0.717) is 35.5 Å². The number of methoxy groups -OCH3 is 1. The molecular weight excluding hydrogens is 404 g/mol. The number of phenolic OH excluding ortho intramolecular Hbond substituents is 1. The van der Waals surface area contributed by atoms with Gasteiger partial charge >= 0.3 is 5.97 Å². The van der Waals surface area contributed by atoms with Crippen LogP contribution in [0.1, 0.15) is 23.5 Å². The van der Waals surface area contributed by atoms with Crippen LogP contribution in [0.4, 0.5) is 0 Å². The van der Waals surface area contributed by atoms with Crippen molar-refractivity contribution in [2.75, 3.05) is 13.7 Å². The van der Waals surface area contributed by atoms with Crippen LogP contribution in [0.3, 0.4) is 0 Å². The molecule has 1 unspecified atom stereocenters. The molecule has 0 aliphatic carbocycles. The van der Waals surface area contributed by atoms with Crippen LogP contribution in [0.5, 0.6) is 11.5 Å². The van der Waals surface area contributed by atoms with Crippen LogP contribution >= 0.6 is 11.7 Å². The summed E-state index contributed by atoms with van der Waals surface area (Å²) >= 11 is 1.07. The van der Waals surface area contributed by atoms with E-state index in [2.05, 4.69) is 13.8 Å². The maximum Gasteiger partial charge on any atom is 0.306 e. The van der Waals surface area contributed by atoms with Crippen molar-refractivity contribution < 1.29 is 19.4 Å². The van der Waals surface area contributed by atoms with E-state index >= 15 is 0 Å². The first kappa shape index (κ1) is 19.8. The van der Waals surface area contributed by atoms with Gasteiger partial charge in [-0.3, -0.25) is 9.48 Å². The van der Waals surface area contributed by atoms with E-state index in [0.717, 1.165) is 17.3 Å². The van der Waals surface area contributed by atoms with Gasteiger partial charge in [0.05, 0.1) is 31.8 Å². The molecule has 4 aromatic rings. The molecule has 4 rings (SSSR count). The summed E-state index contributed by atoms with van der Waals surface area (Å²) in [6, 6.07) is 12.6. The molecule has 2 aromatic heterocycles. The van der Waals surface area contributed by atoms with Gasteiger partial charge in [0.2, 0.25) is 0 Å². The van der Waals surface area contributed by atoms with Crippen LogP contribution in [0.15, 0.2) is 54.9 Å². The van der Waals surface area contributed by atoms with E-state index in [4.69, 9.17) is 9.47 Å². The zero-order chi connectivity index (χ0) is 20.9. The minimum absolute atomic E-state index is 0.0696. The Morgan fingerprint density at radius 2 is 2.03 bits per heavy atom. The third-order valence-electron chi connectivity index (χ3n) is 4.82. The third-order valence-corrected chi connectivity index (χ3v) is 5.36. The minimum Gasteiger partial charge on any atom is -0.508 e. The molecule has 0 bridgehead atoms. The molecule has 1 atom stereocenters. The van der Waals surface area contributed by atoms with Crippen molar-refractivity contribution in [1.29, 1.82) is 0 Å². The van der Waals surface area contributed by atoms with E-state index in [-0.39, 0.29) is 18.1 Å². The van der Waals surface area contributed by atoms with Crippen molar-refractivity contribution in [3.05, 3.63) is 66.0 Å². The average Bonchev–Trinajstić information content (AvgIpc) is 3.45. The summed E-state index contributed by atoms with van der Waals surface area (Å²) in [7, 11) is 1.35. The summed E-state index contributed by atoms with van der Waals surface area (Å²) < 4.78 is 21.0. The van der Waals surface area contributed by atoms with Crippen LogP contribution in [-0.2, 0) is 16.1 Å². The highest BCUT2D eigenvalue weighted by atomic mass is 32.1. The summed E-state index contributed by atoms with van der Waals surface area (Å²) in [5.41, 5.74) is 2.68. The maximum absolute atomic E-state index is 12.1. The van der Waals surface area contributed by atoms with Gasteiger partial charge in [0.25, 0.3) is 0 Å². The predicted molar refractivity (Wildman–Crippen MR) is 112 cm³/mol. The number of ether oxygens (including phenoxy) is 2. The molecule has 0 saturated carbocycles. The Bertz CT molecular complexity index is 1130. The molecule has 0 aliphatic rings. The average molecular weight is 424 g/mol. The Morgan fingerprint density at radius 1 is 1.20 bits per heavy atom. The monoisotopic (exact) mass is 424 g/mol. The molecule has 0 spiro atoms. The number of benzene rings is 2. The predicted octanol–water partition coefficient (Wildman–Crippen LogP) is 3.37. The molecule has 2 aromatic carbocycles. The van der Waals surface area contributed by atoms with Crippen molar-refractivity contribution in [3.63, 3.8) is 0 Å². The Labute approximate surface area is 177 Å². The lowest BCUT2D eigenvalue weighted by Crippen LogP contribution is -2.11. The fourth-order valence-corrected chi connectivity index (χ4v) is 3.88. The van der Waals surface area contributed by atoms with Gasteiger partial charge < -0.3 is 14.6 Å². The molecule has 0 fully saturated rings. The van der Waals surface area contributed by atoms with Crippen LogP contribution in [-0.4, -0.2) is 43.3 Å². The first-order chi connectivity index (χ1) is 14.7. The first-order valence-electron chi connectivity index (χ1n) is 9.37. The summed E-state index contributed by atoms with van der Waals surface area (Å²) in [6.45, 7) is 1.13. The number of hydrogen-bond acceptors (Lipinski definition) is 8. The zero-order valence-corrected chi connectivity index (χ0v) is 17.1. The molecule has 0 aliphatic heterocycles. The van der Waals surface area contributed by atoms with Crippen LogP contribution in [0, 0.1) is 0 Å². The first-order valence-corrected chi connectivity index (χ1v) is 10.1. The molecule has 0 saturated heterocycles. The summed E-state index contributed by atoms with van der Waals surface area (Å²) in [4.78, 5) is 12.1. The van der Waals surface area contributed by atoms with Gasteiger partial charge in [0, 0.05) is 23.9 Å². The number of carbonyl (C=O) groups is 1. The smallest absolute Gasteiger partial charge is 0.306 e. The maximum atomic E-state index is 12.1. The van der Waals surface area contributed by atoms with E-state index in [9.17, 15) is 9.90 Å². The number of esters is 1.